The molecule has 1 aliphatic heterocycles. The van der Waals surface area contributed by atoms with Crippen LogP contribution < -0.4 is 15.0 Å². The fraction of sp³-hybridized carbons (Fsp3) is 0.261. The van der Waals surface area contributed by atoms with E-state index in [1.165, 1.54) is 11.0 Å². The highest BCUT2D eigenvalue weighted by atomic mass is 35.5. The van der Waals surface area contributed by atoms with Crippen molar-refractivity contribution in [2.45, 2.75) is 40.2 Å². The van der Waals surface area contributed by atoms with E-state index in [0.29, 0.717) is 22.0 Å². The maximum Gasteiger partial charge on any atom is 0.270 e. The fourth-order valence-electron chi connectivity index (χ4n) is 3.01. The van der Waals surface area contributed by atoms with Crippen LogP contribution in [0.25, 0.3) is 6.08 Å². The number of rotatable bonds is 5. The molecule has 0 aromatic heterocycles. The van der Waals surface area contributed by atoms with Gasteiger partial charge < -0.3 is 4.74 Å². The van der Waals surface area contributed by atoms with Gasteiger partial charge in [0, 0.05) is 0 Å². The SMILES string of the molecule is CC[C@H](C)Oc1ccc(/C=C2\C(=O)NC(=S)N(c3cc(C)ccc3C)C2=O)cc1Cl. The Bertz CT molecular complexity index is 1060. The number of carbonyl (C=O) groups excluding carboxylic acids is 2. The summed E-state index contributed by atoms with van der Waals surface area (Å²) in [4.78, 5) is 27.1. The van der Waals surface area contributed by atoms with E-state index >= 15 is 0 Å². The van der Waals surface area contributed by atoms with Gasteiger partial charge in [-0.05, 0) is 80.4 Å². The highest BCUT2D eigenvalue weighted by molar-refractivity contribution is 7.80. The highest BCUT2D eigenvalue weighted by Gasteiger charge is 2.35. The molecule has 0 radical (unpaired) electrons. The number of amides is 2. The molecule has 0 bridgehead atoms. The molecule has 2 aromatic carbocycles. The molecule has 5 nitrogen and oxygen atoms in total. The molecule has 1 aliphatic rings. The van der Waals surface area contributed by atoms with Crippen molar-refractivity contribution in [1.29, 1.82) is 0 Å². The molecule has 0 saturated carbocycles. The van der Waals surface area contributed by atoms with Gasteiger partial charge in [0.25, 0.3) is 11.8 Å². The second-order valence-corrected chi connectivity index (χ2v) is 8.07. The van der Waals surface area contributed by atoms with Gasteiger partial charge >= 0.3 is 0 Å². The van der Waals surface area contributed by atoms with Gasteiger partial charge in [-0.1, -0.05) is 36.7 Å². The highest BCUT2D eigenvalue weighted by Crippen LogP contribution is 2.29. The summed E-state index contributed by atoms with van der Waals surface area (Å²) in [6.45, 7) is 7.81. The van der Waals surface area contributed by atoms with E-state index in [9.17, 15) is 9.59 Å². The number of hydrogen-bond donors (Lipinski definition) is 1. The van der Waals surface area contributed by atoms with Crippen molar-refractivity contribution in [3.8, 4) is 5.75 Å². The standard InChI is InChI=1S/C23H23ClN2O3S/c1-5-15(4)29-20-9-8-16(12-18(20)24)11-17-21(27)25-23(30)26(22(17)28)19-10-13(2)6-7-14(19)3/h6-12,15H,5H2,1-4H3,(H,25,27,30)/b17-11+/t15-/m0/s1. The first-order chi connectivity index (χ1) is 14.2. The lowest BCUT2D eigenvalue weighted by Gasteiger charge is -2.30. The number of anilines is 1. The number of nitrogens with one attached hydrogen (secondary N) is 1. The van der Waals surface area contributed by atoms with Crippen LogP contribution in [0.5, 0.6) is 5.75 Å². The Morgan fingerprint density at radius 3 is 2.60 bits per heavy atom. The lowest BCUT2D eigenvalue weighted by Crippen LogP contribution is -2.54. The number of ether oxygens (including phenoxy) is 1. The van der Waals surface area contributed by atoms with Gasteiger partial charge in [0.15, 0.2) is 5.11 Å². The summed E-state index contributed by atoms with van der Waals surface area (Å²) in [5.74, 6) is -0.457. The summed E-state index contributed by atoms with van der Waals surface area (Å²) in [7, 11) is 0. The van der Waals surface area contributed by atoms with E-state index in [0.717, 1.165) is 17.5 Å². The van der Waals surface area contributed by atoms with Crippen LogP contribution in [0.15, 0.2) is 42.0 Å². The van der Waals surface area contributed by atoms with Crippen molar-refractivity contribution in [2.24, 2.45) is 0 Å². The van der Waals surface area contributed by atoms with E-state index in [2.05, 4.69) is 5.32 Å². The zero-order valence-corrected chi connectivity index (χ0v) is 18.9. The van der Waals surface area contributed by atoms with Crippen LogP contribution >= 0.6 is 23.8 Å². The number of hydrogen-bond acceptors (Lipinski definition) is 4. The zero-order valence-electron chi connectivity index (χ0n) is 17.3. The summed E-state index contributed by atoms with van der Waals surface area (Å²) < 4.78 is 5.77. The van der Waals surface area contributed by atoms with Crippen LogP contribution in [0.2, 0.25) is 5.02 Å². The fourth-order valence-corrected chi connectivity index (χ4v) is 3.51. The quantitative estimate of drug-likeness (QED) is 0.403. The summed E-state index contributed by atoms with van der Waals surface area (Å²) in [5, 5.41) is 3.08. The summed E-state index contributed by atoms with van der Waals surface area (Å²) >= 11 is 11.6. The molecule has 156 valence electrons. The molecule has 3 rings (SSSR count). The van der Waals surface area contributed by atoms with E-state index < -0.39 is 11.8 Å². The number of nitrogens with zero attached hydrogens (tertiary/aromatic N) is 1. The van der Waals surface area contributed by atoms with Crippen molar-refractivity contribution in [1.82, 2.24) is 5.32 Å². The molecule has 7 heteroatoms. The van der Waals surface area contributed by atoms with Crippen molar-refractivity contribution in [2.75, 3.05) is 4.90 Å². The van der Waals surface area contributed by atoms with E-state index in [-0.39, 0.29) is 16.8 Å². The molecule has 30 heavy (non-hydrogen) atoms. The molecule has 1 N–H and O–H groups in total. The van der Waals surface area contributed by atoms with Gasteiger partial charge in [-0.3, -0.25) is 19.8 Å². The monoisotopic (exact) mass is 442 g/mol. The number of aryl methyl sites for hydroxylation is 2. The zero-order chi connectivity index (χ0) is 22.0. The third-order valence-corrected chi connectivity index (χ3v) is 5.46. The Morgan fingerprint density at radius 1 is 1.20 bits per heavy atom. The van der Waals surface area contributed by atoms with Gasteiger partial charge in [0.2, 0.25) is 0 Å². The van der Waals surface area contributed by atoms with Gasteiger partial charge in [-0.15, -0.1) is 0 Å². The van der Waals surface area contributed by atoms with Crippen molar-refractivity contribution < 1.29 is 14.3 Å². The first kappa shape index (κ1) is 22.0. The molecule has 1 atom stereocenters. The topological polar surface area (TPSA) is 58.6 Å². The van der Waals surface area contributed by atoms with E-state index in [4.69, 9.17) is 28.6 Å². The minimum absolute atomic E-state index is 0.0174. The normalized spacial score (nSPS) is 16.6. The third-order valence-electron chi connectivity index (χ3n) is 4.88. The molecule has 0 spiro atoms. The molecular formula is C23H23ClN2O3S. The van der Waals surface area contributed by atoms with Crippen molar-refractivity contribution >= 4 is 52.5 Å². The van der Waals surface area contributed by atoms with Crippen LogP contribution in [-0.4, -0.2) is 23.0 Å². The Labute approximate surface area is 186 Å². The van der Waals surface area contributed by atoms with Crippen LogP contribution in [-0.2, 0) is 9.59 Å². The number of thiocarbonyl (C=S) groups is 1. The van der Waals surface area contributed by atoms with E-state index in [1.54, 1.807) is 18.2 Å². The van der Waals surface area contributed by atoms with Crippen LogP contribution in [0.3, 0.4) is 0 Å². The van der Waals surface area contributed by atoms with Gasteiger partial charge in [0.05, 0.1) is 16.8 Å². The molecule has 1 saturated heterocycles. The molecule has 2 aromatic rings. The first-order valence-electron chi connectivity index (χ1n) is 9.66. The largest absolute Gasteiger partial charge is 0.489 e. The predicted octanol–water partition coefficient (Wildman–Crippen LogP) is 4.97. The summed E-state index contributed by atoms with van der Waals surface area (Å²) in [6, 6.07) is 10.9. The molecular weight excluding hydrogens is 420 g/mol. The summed E-state index contributed by atoms with van der Waals surface area (Å²) in [5.41, 5.74) is 3.10. The summed E-state index contributed by atoms with van der Waals surface area (Å²) in [6.07, 6.45) is 2.39. The van der Waals surface area contributed by atoms with Gasteiger partial charge in [-0.2, -0.15) is 0 Å². The Hall–Kier alpha value is -2.70. The molecule has 1 heterocycles. The van der Waals surface area contributed by atoms with Crippen molar-refractivity contribution in [3.05, 3.63) is 63.7 Å². The lowest BCUT2D eigenvalue weighted by molar-refractivity contribution is -0.122. The maximum absolute atomic E-state index is 13.2. The Morgan fingerprint density at radius 2 is 1.93 bits per heavy atom. The maximum atomic E-state index is 13.2. The molecule has 0 unspecified atom stereocenters. The molecule has 1 fully saturated rings. The molecule has 2 amide bonds. The van der Waals surface area contributed by atoms with Gasteiger partial charge in [-0.25, -0.2) is 0 Å². The van der Waals surface area contributed by atoms with Crippen LogP contribution in [0.4, 0.5) is 5.69 Å². The minimum atomic E-state index is -0.539. The Kier molecular flexibility index (Phi) is 6.58. The second-order valence-electron chi connectivity index (χ2n) is 7.27. The van der Waals surface area contributed by atoms with E-state index in [1.807, 2.05) is 45.9 Å². The first-order valence-corrected chi connectivity index (χ1v) is 10.4. The minimum Gasteiger partial charge on any atom is -0.489 e. The molecule has 0 aliphatic carbocycles. The third kappa shape index (κ3) is 4.55. The second kappa shape index (κ2) is 8.98. The number of carbonyl (C=O) groups is 2. The average Bonchev–Trinajstić information content (AvgIpc) is 2.69. The van der Waals surface area contributed by atoms with Gasteiger partial charge in [0.1, 0.15) is 11.3 Å². The van der Waals surface area contributed by atoms with Crippen molar-refractivity contribution in [3.63, 3.8) is 0 Å². The number of halogens is 1. The Balaban J connectivity index is 1.97. The smallest absolute Gasteiger partial charge is 0.270 e. The average molecular weight is 443 g/mol. The lowest BCUT2D eigenvalue weighted by atomic mass is 10.0. The van der Waals surface area contributed by atoms with Crippen LogP contribution in [0.1, 0.15) is 37.0 Å². The number of benzene rings is 2. The van der Waals surface area contributed by atoms with Crippen LogP contribution in [0, 0.1) is 13.8 Å². The predicted molar refractivity (Wildman–Crippen MR) is 124 cm³/mol.